The van der Waals surface area contributed by atoms with Crippen molar-refractivity contribution in [2.75, 3.05) is 11.9 Å². The molecule has 0 saturated heterocycles. The summed E-state index contributed by atoms with van der Waals surface area (Å²) in [6, 6.07) is 3.32. The average molecular weight is 291 g/mol. The van der Waals surface area contributed by atoms with E-state index in [1.54, 1.807) is 26.0 Å². The van der Waals surface area contributed by atoms with Gasteiger partial charge >= 0.3 is 5.97 Å². The van der Waals surface area contributed by atoms with E-state index in [-0.39, 0.29) is 5.91 Å². The Hall–Kier alpha value is -2.50. The second-order valence-corrected chi connectivity index (χ2v) is 5.07. The lowest BCUT2D eigenvalue weighted by atomic mass is 10.0. The molecule has 1 aromatic carbocycles. The van der Waals surface area contributed by atoms with Gasteiger partial charge in [0.1, 0.15) is 0 Å². The number of carboxylic acid groups (broad SMARTS) is 1. The number of hydrogen-bond acceptors (Lipinski definition) is 4. The van der Waals surface area contributed by atoms with Crippen molar-refractivity contribution in [1.82, 2.24) is 0 Å². The van der Waals surface area contributed by atoms with Gasteiger partial charge in [-0.1, -0.05) is 0 Å². The van der Waals surface area contributed by atoms with Crippen molar-refractivity contribution in [2.45, 2.75) is 26.4 Å². The highest BCUT2D eigenvalue weighted by atomic mass is 16.5. The van der Waals surface area contributed by atoms with Crippen LogP contribution in [0.3, 0.4) is 0 Å². The second kappa shape index (κ2) is 5.47. The molecule has 2 rings (SSSR count). The molecule has 1 heterocycles. The van der Waals surface area contributed by atoms with Crippen LogP contribution in [0.1, 0.15) is 26.3 Å². The number of benzene rings is 1. The first-order chi connectivity index (χ1) is 9.83. The van der Waals surface area contributed by atoms with Crippen molar-refractivity contribution < 1.29 is 24.2 Å². The molecule has 112 valence electrons. The number of hydrogen-bond donors (Lipinski definition) is 2. The molecule has 0 bridgehead atoms. The Morgan fingerprint density at radius 1 is 1.48 bits per heavy atom. The molecule has 1 aliphatic heterocycles. The smallest absolute Gasteiger partial charge is 0.328 e. The van der Waals surface area contributed by atoms with Crippen molar-refractivity contribution in [3.8, 4) is 11.5 Å². The fraction of sp³-hybridized carbons (Fsp3) is 0.333. The van der Waals surface area contributed by atoms with Crippen LogP contribution in [0.2, 0.25) is 0 Å². The molecule has 0 unspecified atom stereocenters. The van der Waals surface area contributed by atoms with Crippen LogP contribution in [0.25, 0.3) is 6.08 Å². The SMILES string of the molecule is CCOc1cc(/C=C/C(=O)O)cc2c1OC(C)(C)C(=O)N2. The summed E-state index contributed by atoms with van der Waals surface area (Å²) in [6.45, 7) is 5.59. The van der Waals surface area contributed by atoms with E-state index >= 15 is 0 Å². The molecule has 2 N–H and O–H groups in total. The molecular weight excluding hydrogens is 274 g/mol. The van der Waals surface area contributed by atoms with E-state index in [9.17, 15) is 9.59 Å². The monoisotopic (exact) mass is 291 g/mol. The first kappa shape index (κ1) is 14.9. The van der Waals surface area contributed by atoms with Crippen molar-refractivity contribution in [1.29, 1.82) is 0 Å². The standard InChI is InChI=1S/C15H17NO5/c1-4-20-11-8-9(5-6-12(17)18)7-10-13(11)21-15(2,3)14(19)16-10/h5-8H,4H2,1-3H3,(H,16,19)(H,17,18)/b6-5+. The molecule has 1 aromatic rings. The molecule has 0 aromatic heterocycles. The molecule has 1 aliphatic rings. The summed E-state index contributed by atoms with van der Waals surface area (Å²) in [5, 5.41) is 11.4. The predicted octanol–water partition coefficient (Wildman–Crippen LogP) is 2.29. The van der Waals surface area contributed by atoms with Crippen LogP contribution in [0.4, 0.5) is 5.69 Å². The van der Waals surface area contributed by atoms with Gasteiger partial charge in [0, 0.05) is 6.08 Å². The van der Waals surface area contributed by atoms with Crippen molar-refractivity contribution in [3.63, 3.8) is 0 Å². The topological polar surface area (TPSA) is 84.9 Å². The van der Waals surface area contributed by atoms with Gasteiger partial charge in [0.15, 0.2) is 17.1 Å². The van der Waals surface area contributed by atoms with E-state index in [1.165, 1.54) is 6.08 Å². The molecule has 0 spiro atoms. The Morgan fingerprint density at radius 3 is 2.81 bits per heavy atom. The molecular formula is C15H17NO5. The number of fused-ring (bicyclic) bond motifs is 1. The highest BCUT2D eigenvalue weighted by Gasteiger charge is 2.37. The van der Waals surface area contributed by atoms with Gasteiger partial charge < -0.3 is 19.9 Å². The predicted molar refractivity (Wildman–Crippen MR) is 77.6 cm³/mol. The maximum atomic E-state index is 11.9. The summed E-state index contributed by atoms with van der Waals surface area (Å²) in [4.78, 5) is 22.5. The zero-order valence-corrected chi connectivity index (χ0v) is 12.1. The lowest BCUT2D eigenvalue weighted by Gasteiger charge is -2.32. The molecule has 0 radical (unpaired) electrons. The number of aliphatic carboxylic acids is 1. The Bertz CT molecular complexity index is 619. The molecule has 0 saturated carbocycles. The van der Waals surface area contributed by atoms with E-state index in [4.69, 9.17) is 14.6 Å². The van der Waals surface area contributed by atoms with Crippen LogP contribution in [-0.4, -0.2) is 29.2 Å². The third-order valence-corrected chi connectivity index (χ3v) is 2.95. The quantitative estimate of drug-likeness (QED) is 0.831. The van der Waals surface area contributed by atoms with Crippen LogP contribution >= 0.6 is 0 Å². The number of carbonyl (C=O) groups is 2. The lowest BCUT2D eigenvalue weighted by molar-refractivity contribution is -0.131. The van der Waals surface area contributed by atoms with Crippen LogP contribution in [-0.2, 0) is 9.59 Å². The first-order valence-electron chi connectivity index (χ1n) is 6.56. The summed E-state index contributed by atoms with van der Waals surface area (Å²) < 4.78 is 11.2. The second-order valence-electron chi connectivity index (χ2n) is 5.07. The third kappa shape index (κ3) is 3.16. The number of anilines is 1. The summed E-state index contributed by atoms with van der Waals surface area (Å²) in [6.07, 6.45) is 2.45. The largest absolute Gasteiger partial charge is 0.490 e. The molecule has 21 heavy (non-hydrogen) atoms. The minimum atomic E-state index is -1.05. The van der Waals surface area contributed by atoms with Gasteiger partial charge in [-0.25, -0.2) is 4.79 Å². The molecule has 0 aliphatic carbocycles. The van der Waals surface area contributed by atoms with Crippen molar-refractivity contribution in [3.05, 3.63) is 23.8 Å². The first-order valence-corrected chi connectivity index (χ1v) is 6.56. The van der Waals surface area contributed by atoms with Gasteiger partial charge in [0.05, 0.1) is 12.3 Å². The number of rotatable bonds is 4. The Kier molecular flexibility index (Phi) is 3.88. The molecule has 0 atom stereocenters. The average Bonchev–Trinajstić information content (AvgIpc) is 2.39. The third-order valence-electron chi connectivity index (χ3n) is 2.95. The Balaban J connectivity index is 2.48. The molecule has 6 nitrogen and oxygen atoms in total. The number of ether oxygens (including phenoxy) is 2. The van der Waals surface area contributed by atoms with E-state index in [1.807, 2.05) is 6.92 Å². The molecule has 6 heteroatoms. The van der Waals surface area contributed by atoms with Gasteiger partial charge in [-0.2, -0.15) is 0 Å². The van der Waals surface area contributed by atoms with Crippen molar-refractivity contribution in [2.24, 2.45) is 0 Å². The van der Waals surface area contributed by atoms with E-state index in [0.29, 0.717) is 29.4 Å². The van der Waals surface area contributed by atoms with Crippen LogP contribution < -0.4 is 14.8 Å². The fourth-order valence-corrected chi connectivity index (χ4v) is 1.92. The Labute approximate surface area is 122 Å². The fourth-order valence-electron chi connectivity index (χ4n) is 1.92. The van der Waals surface area contributed by atoms with E-state index in [2.05, 4.69) is 5.32 Å². The summed E-state index contributed by atoms with van der Waals surface area (Å²) in [5.74, 6) is -0.397. The van der Waals surface area contributed by atoms with Gasteiger partial charge in [-0.05, 0) is 44.5 Å². The summed E-state index contributed by atoms with van der Waals surface area (Å²) in [5.41, 5.74) is 0.0793. The Morgan fingerprint density at radius 2 is 2.19 bits per heavy atom. The number of amides is 1. The number of carbonyl (C=O) groups excluding carboxylic acids is 1. The van der Waals surface area contributed by atoms with Gasteiger partial charge in [0.25, 0.3) is 5.91 Å². The zero-order chi connectivity index (χ0) is 15.6. The number of nitrogens with one attached hydrogen (secondary N) is 1. The van der Waals surface area contributed by atoms with Crippen molar-refractivity contribution >= 4 is 23.6 Å². The maximum Gasteiger partial charge on any atom is 0.328 e. The van der Waals surface area contributed by atoms with E-state index < -0.39 is 11.6 Å². The number of carboxylic acids is 1. The summed E-state index contributed by atoms with van der Waals surface area (Å²) in [7, 11) is 0. The normalized spacial score (nSPS) is 16.0. The lowest BCUT2D eigenvalue weighted by Crippen LogP contribution is -2.45. The van der Waals surface area contributed by atoms with Crippen LogP contribution in [0.5, 0.6) is 11.5 Å². The van der Waals surface area contributed by atoms with Crippen LogP contribution in [0.15, 0.2) is 18.2 Å². The van der Waals surface area contributed by atoms with E-state index in [0.717, 1.165) is 6.08 Å². The molecule has 1 amide bonds. The van der Waals surface area contributed by atoms with Gasteiger partial charge in [0.2, 0.25) is 0 Å². The van der Waals surface area contributed by atoms with Gasteiger partial charge in [-0.15, -0.1) is 0 Å². The highest BCUT2D eigenvalue weighted by molar-refractivity contribution is 6.01. The van der Waals surface area contributed by atoms with Gasteiger partial charge in [-0.3, -0.25) is 4.79 Å². The highest BCUT2D eigenvalue weighted by Crippen LogP contribution is 2.42. The zero-order valence-electron chi connectivity index (χ0n) is 12.1. The minimum Gasteiger partial charge on any atom is -0.490 e. The maximum absolute atomic E-state index is 11.9. The molecule has 0 fully saturated rings. The summed E-state index contributed by atoms with van der Waals surface area (Å²) >= 11 is 0. The van der Waals surface area contributed by atoms with Crippen LogP contribution in [0, 0.1) is 0 Å². The minimum absolute atomic E-state index is 0.267.